The molecule has 1 N–H and O–H groups in total. The molecule has 2 aromatic heterocycles. The zero-order chi connectivity index (χ0) is 12.4. The third-order valence-electron chi connectivity index (χ3n) is 2.78. The maximum Gasteiger partial charge on any atom is 0.138 e. The number of aromatic nitrogens is 2. The van der Waals surface area contributed by atoms with E-state index in [1.54, 1.807) is 11.3 Å². The van der Waals surface area contributed by atoms with Gasteiger partial charge in [-0.05, 0) is 27.7 Å². The molecular weight excluding hydrogens is 234 g/mol. The Morgan fingerprint density at radius 2 is 2.18 bits per heavy atom. The van der Waals surface area contributed by atoms with E-state index in [0.717, 1.165) is 28.6 Å². The van der Waals surface area contributed by atoms with E-state index in [1.807, 2.05) is 20.0 Å². The maximum atomic E-state index is 5.13. The number of hydrogen-bond acceptors (Lipinski definition) is 5. The normalized spacial score (nSPS) is 12.9. The Morgan fingerprint density at radius 1 is 1.41 bits per heavy atom. The van der Waals surface area contributed by atoms with Gasteiger partial charge in [-0.1, -0.05) is 5.16 Å². The first-order valence-corrected chi connectivity index (χ1v) is 6.47. The van der Waals surface area contributed by atoms with Crippen LogP contribution in [0.2, 0.25) is 0 Å². The van der Waals surface area contributed by atoms with Crippen LogP contribution >= 0.6 is 11.3 Å². The topological polar surface area (TPSA) is 51.0 Å². The quantitative estimate of drug-likeness (QED) is 0.907. The fourth-order valence-corrected chi connectivity index (χ4v) is 2.47. The molecule has 0 fully saturated rings. The van der Waals surface area contributed by atoms with Crippen molar-refractivity contribution in [3.8, 4) is 0 Å². The second kappa shape index (κ2) is 4.98. The molecule has 0 spiro atoms. The van der Waals surface area contributed by atoms with E-state index in [2.05, 4.69) is 29.3 Å². The average Bonchev–Trinajstić information content (AvgIpc) is 2.84. The largest absolute Gasteiger partial charge is 0.361 e. The second-order valence-corrected chi connectivity index (χ2v) is 5.48. The lowest BCUT2D eigenvalue weighted by Gasteiger charge is -2.10. The molecular formula is C12H17N3OS. The third-order valence-corrected chi connectivity index (χ3v) is 3.87. The van der Waals surface area contributed by atoms with Crippen molar-refractivity contribution in [2.45, 2.75) is 40.3 Å². The van der Waals surface area contributed by atoms with Crippen molar-refractivity contribution in [3.63, 3.8) is 0 Å². The van der Waals surface area contributed by atoms with Gasteiger partial charge in [-0.25, -0.2) is 4.98 Å². The molecule has 0 aliphatic carbocycles. The van der Waals surface area contributed by atoms with Crippen molar-refractivity contribution in [2.75, 3.05) is 0 Å². The summed E-state index contributed by atoms with van der Waals surface area (Å²) in [5, 5.41) is 8.51. The third kappa shape index (κ3) is 2.73. The van der Waals surface area contributed by atoms with Crippen LogP contribution in [0, 0.1) is 20.8 Å². The van der Waals surface area contributed by atoms with Crippen LogP contribution in [0.1, 0.15) is 39.9 Å². The summed E-state index contributed by atoms with van der Waals surface area (Å²) in [4.78, 5) is 5.62. The molecule has 2 rings (SSSR count). The predicted molar refractivity (Wildman–Crippen MR) is 68.1 cm³/mol. The SMILES string of the molecule is Cc1cnc(C(C)NCc2c(C)noc2C)s1. The summed E-state index contributed by atoms with van der Waals surface area (Å²) in [6, 6.07) is 0.252. The maximum absolute atomic E-state index is 5.13. The van der Waals surface area contributed by atoms with Crippen LogP contribution < -0.4 is 5.32 Å². The number of nitrogens with zero attached hydrogens (tertiary/aromatic N) is 2. The number of nitrogens with one attached hydrogen (secondary N) is 1. The molecule has 92 valence electrons. The van der Waals surface area contributed by atoms with E-state index in [1.165, 1.54) is 4.88 Å². The number of thiazole rings is 1. The van der Waals surface area contributed by atoms with Gasteiger partial charge in [0, 0.05) is 23.2 Å². The monoisotopic (exact) mass is 251 g/mol. The van der Waals surface area contributed by atoms with Crippen LogP contribution in [-0.4, -0.2) is 10.1 Å². The average molecular weight is 251 g/mol. The molecule has 0 saturated carbocycles. The fraction of sp³-hybridized carbons (Fsp3) is 0.500. The molecule has 0 bridgehead atoms. The first-order valence-electron chi connectivity index (χ1n) is 5.65. The number of aryl methyl sites for hydroxylation is 3. The van der Waals surface area contributed by atoms with Crippen LogP contribution in [0.5, 0.6) is 0 Å². The van der Waals surface area contributed by atoms with Gasteiger partial charge < -0.3 is 9.84 Å². The van der Waals surface area contributed by atoms with Gasteiger partial charge in [0.2, 0.25) is 0 Å². The Morgan fingerprint density at radius 3 is 2.71 bits per heavy atom. The molecule has 1 unspecified atom stereocenters. The first-order chi connectivity index (χ1) is 8.08. The fourth-order valence-electron chi connectivity index (χ4n) is 1.67. The van der Waals surface area contributed by atoms with Gasteiger partial charge in [0.05, 0.1) is 11.7 Å². The molecule has 5 heteroatoms. The molecule has 0 aromatic carbocycles. The van der Waals surface area contributed by atoms with E-state index < -0.39 is 0 Å². The lowest BCUT2D eigenvalue weighted by atomic mass is 10.2. The molecule has 0 aliphatic rings. The van der Waals surface area contributed by atoms with Gasteiger partial charge in [0.1, 0.15) is 10.8 Å². The predicted octanol–water partition coefficient (Wildman–Crippen LogP) is 2.91. The molecule has 0 amide bonds. The Hall–Kier alpha value is -1.20. The number of rotatable bonds is 4. The molecule has 1 atom stereocenters. The van der Waals surface area contributed by atoms with Crippen LogP contribution in [0.4, 0.5) is 0 Å². The molecule has 4 nitrogen and oxygen atoms in total. The Kier molecular flexibility index (Phi) is 3.59. The highest BCUT2D eigenvalue weighted by Gasteiger charge is 2.12. The standard InChI is InChI=1S/C12H17N3OS/c1-7-5-14-12(17-7)9(3)13-6-11-8(2)15-16-10(11)4/h5,9,13H,6H2,1-4H3. The molecule has 17 heavy (non-hydrogen) atoms. The van der Waals surface area contributed by atoms with Crippen molar-refractivity contribution in [2.24, 2.45) is 0 Å². The zero-order valence-electron chi connectivity index (χ0n) is 10.6. The number of hydrogen-bond donors (Lipinski definition) is 1. The molecule has 0 radical (unpaired) electrons. The van der Waals surface area contributed by atoms with Crippen molar-refractivity contribution in [1.82, 2.24) is 15.5 Å². The van der Waals surface area contributed by atoms with Crippen molar-refractivity contribution in [3.05, 3.63) is 33.1 Å². The van der Waals surface area contributed by atoms with E-state index in [4.69, 9.17) is 4.52 Å². The summed E-state index contributed by atoms with van der Waals surface area (Å²) < 4.78 is 5.13. The van der Waals surface area contributed by atoms with Crippen molar-refractivity contribution < 1.29 is 4.52 Å². The van der Waals surface area contributed by atoms with Gasteiger partial charge >= 0.3 is 0 Å². The van der Waals surface area contributed by atoms with Gasteiger partial charge in [-0.2, -0.15) is 0 Å². The minimum Gasteiger partial charge on any atom is -0.361 e. The smallest absolute Gasteiger partial charge is 0.138 e. The van der Waals surface area contributed by atoms with E-state index in [-0.39, 0.29) is 6.04 Å². The van der Waals surface area contributed by atoms with Crippen LogP contribution in [0.3, 0.4) is 0 Å². The van der Waals surface area contributed by atoms with Gasteiger partial charge in [-0.3, -0.25) is 0 Å². The highest BCUT2D eigenvalue weighted by atomic mass is 32.1. The summed E-state index contributed by atoms with van der Waals surface area (Å²) >= 11 is 1.73. The minimum atomic E-state index is 0.252. The van der Waals surface area contributed by atoms with E-state index >= 15 is 0 Å². The van der Waals surface area contributed by atoms with Crippen LogP contribution in [0.25, 0.3) is 0 Å². The molecule has 0 aliphatic heterocycles. The summed E-state index contributed by atoms with van der Waals surface area (Å²) in [6.45, 7) is 8.86. The molecule has 0 saturated heterocycles. The highest BCUT2D eigenvalue weighted by Crippen LogP contribution is 2.20. The van der Waals surface area contributed by atoms with Gasteiger partial charge in [0.25, 0.3) is 0 Å². The van der Waals surface area contributed by atoms with Crippen molar-refractivity contribution in [1.29, 1.82) is 0 Å². The Balaban J connectivity index is 1.99. The Bertz CT molecular complexity index is 484. The lowest BCUT2D eigenvalue weighted by molar-refractivity contribution is 0.391. The van der Waals surface area contributed by atoms with Crippen LogP contribution in [0.15, 0.2) is 10.7 Å². The second-order valence-electron chi connectivity index (χ2n) is 4.21. The lowest BCUT2D eigenvalue weighted by Crippen LogP contribution is -2.18. The molecule has 2 heterocycles. The van der Waals surface area contributed by atoms with E-state index in [0.29, 0.717) is 0 Å². The first kappa shape index (κ1) is 12.3. The van der Waals surface area contributed by atoms with Gasteiger partial charge in [0.15, 0.2) is 0 Å². The van der Waals surface area contributed by atoms with Crippen molar-refractivity contribution >= 4 is 11.3 Å². The minimum absolute atomic E-state index is 0.252. The highest BCUT2D eigenvalue weighted by molar-refractivity contribution is 7.11. The summed E-state index contributed by atoms with van der Waals surface area (Å²) in [7, 11) is 0. The molecule has 2 aromatic rings. The summed E-state index contributed by atoms with van der Waals surface area (Å²) in [6.07, 6.45) is 1.91. The van der Waals surface area contributed by atoms with Gasteiger partial charge in [-0.15, -0.1) is 11.3 Å². The van der Waals surface area contributed by atoms with E-state index in [9.17, 15) is 0 Å². The zero-order valence-corrected chi connectivity index (χ0v) is 11.4. The summed E-state index contributed by atoms with van der Waals surface area (Å²) in [5.74, 6) is 0.887. The summed E-state index contributed by atoms with van der Waals surface area (Å²) in [5.41, 5.74) is 2.10. The van der Waals surface area contributed by atoms with Crippen LogP contribution in [-0.2, 0) is 6.54 Å². The Labute approximate surface area is 105 Å².